The summed E-state index contributed by atoms with van der Waals surface area (Å²) >= 11 is 0. The quantitative estimate of drug-likeness (QED) is 0.408. The molecule has 4 radical (unpaired) electrons. The van der Waals surface area contributed by atoms with Crippen molar-refractivity contribution in [2.45, 2.75) is 94.9 Å². The maximum atomic E-state index is 12.5. The van der Waals surface area contributed by atoms with Crippen LogP contribution in [0.5, 0.6) is 0 Å². The van der Waals surface area contributed by atoms with Gasteiger partial charge in [0.2, 0.25) is 0 Å². The van der Waals surface area contributed by atoms with Gasteiger partial charge in [-0.05, 0) is 47.0 Å². The molecule has 0 aromatic rings. The second-order valence-corrected chi connectivity index (χ2v) is 9.60. The summed E-state index contributed by atoms with van der Waals surface area (Å²) in [7, 11) is 7.23. The largest absolute Gasteiger partial charge is 0.472 e. The Labute approximate surface area is 170 Å². The molecule has 7 atom stereocenters. The van der Waals surface area contributed by atoms with E-state index >= 15 is 0 Å². The van der Waals surface area contributed by atoms with Crippen molar-refractivity contribution in [2.75, 3.05) is 13.2 Å². The third kappa shape index (κ3) is 7.10. The zero-order chi connectivity index (χ0) is 21.1. The standard InChI is InChI=1S/C17H31B2O8P/c1-10(2)23-9-17(20)7-12(18)5-15(17)27-28(21,22)24-8-14-13(25-11(3)4)6-16(19)26-14/h10-16,20H,5-9H2,1-4H3,(H,21,22)/t12-,13+,14+,15+,16+,17-/m0/s1. The topological polar surface area (TPSA) is 104 Å². The molecule has 0 aromatic carbocycles. The van der Waals surface area contributed by atoms with E-state index in [1.165, 1.54) is 0 Å². The minimum atomic E-state index is -4.48. The molecule has 0 amide bonds. The van der Waals surface area contributed by atoms with E-state index in [2.05, 4.69) is 0 Å². The van der Waals surface area contributed by atoms with Crippen molar-refractivity contribution in [1.82, 2.24) is 0 Å². The Bertz CT molecular complexity index is 551. The molecule has 1 unspecified atom stereocenters. The lowest BCUT2D eigenvalue weighted by Gasteiger charge is -2.31. The van der Waals surface area contributed by atoms with Crippen LogP contribution in [0.25, 0.3) is 0 Å². The van der Waals surface area contributed by atoms with Gasteiger partial charge in [-0.25, -0.2) is 4.57 Å². The van der Waals surface area contributed by atoms with Gasteiger partial charge in [0.15, 0.2) is 0 Å². The fraction of sp³-hybridized carbons (Fsp3) is 1.00. The molecule has 0 aromatic heterocycles. The molecule has 1 heterocycles. The summed E-state index contributed by atoms with van der Waals surface area (Å²) in [4.78, 5) is 10.2. The van der Waals surface area contributed by atoms with E-state index in [1.54, 1.807) is 0 Å². The summed E-state index contributed by atoms with van der Waals surface area (Å²) < 4.78 is 39.6. The molecule has 1 saturated heterocycles. The van der Waals surface area contributed by atoms with Crippen molar-refractivity contribution in [3.8, 4) is 0 Å². The molecule has 2 aliphatic rings. The second-order valence-electron chi connectivity index (χ2n) is 8.19. The molecule has 0 spiro atoms. The molecular weight excluding hydrogens is 385 g/mol. The van der Waals surface area contributed by atoms with Gasteiger partial charge in [-0.1, -0.05) is 5.82 Å². The second kappa shape index (κ2) is 9.92. The lowest BCUT2D eigenvalue weighted by Crippen LogP contribution is -2.44. The molecule has 1 aliphatic carbocycles. The van der Waals surface area contributed by atoms with Crippen LogP contribution in [0.4, 0.5) is 0 Å². The summed E-state index contributed by atoms with van der Waals surface area (Å²) in [5, 5.41) is 10.8. The minimum absolute atomic E-state index is 0.0467. The highest BCUT2D eigenvalue weighted by Crippen LogP contribution is 2.51. The molecule has 8 nitrogen and oxygen atoms in total. The highest BCUT2D eigenvalue weighted by molar-refractivity contribution is 7.47. The number of rotatable bonds is 10. The maximum Gasteiger partial charge on any atom is 0.472 e. The Morgan fingerprint density at radius 3 is 2.50 bits per heavy atom. The van der Waals surface area contributed by atoms with Crippen molar-refractivity contribution >= 4 is 23.5 Å². The first-order chi connectivity index (χ1) is 12.9. The first-order valence-corrected chi connectivity index (χ1v) is 11.2. The van der Waals surface area contributed by atoms with Gasteiger partial charge < -0.3 is 24.2 Å². The summed E-state index contributed by atoms with van der Waals surface area (Å²) in [6.07, 6.45) is -1.18. The van der Waals surface area contributed by atoms with Gasteiger partial charge in [0.05, 0.1) is 45.5 Å². The average Bonchev–Trinajstić information content (AvgIpc) is 3.02. The number of phosphoric ester groups is 1. The Balaban J connectivity index is 1.93. The van der Waals surface area contributed by atoms with E-state index in [9.17, 15) is 14.6 Å². The van der Waals surface area contributed by atoms with Gasteiger partial charge in [-0.3, -0.25) is 9.05 Å². The fourth-order valence-electron chi connectivity index (χ4n) is 3.51. The van der Waals surface area contributed by atoms with Crippen molar-refractivity contribution in [3.05, 3.63) is 0 Å². The molecule has 28 heavy (non-hydrogen) atoms. The summed E-state index contributed by atoms with van der Waals surface area (Å²) in [5.41, 5.74) is -1.46. The van der Waals surface area contributed by atoms with E-state index in [0.717, 1.165) is 0 Å². The van der Waals surface area contributed by atoms with Crippen LogP contribution in [0, 0.1) is 0 Å². The minimum Gasteiger partial charge on any atom is -0.385 e. The Hall–Kier alpha value is 0.0799. The third-order valence-corrected chi connectivity index (χ3v) is 5.73. The molecular formula is C17H31B2O8P. The van der Waals surface area contributed by atoms with E-state index in [4.69, 9.17) is 39.0 Å². The summed E-state index contributed by atoms with van der Waals surface area (Å²) in [5.74, 6) is -0.370. The maximum absolute atomic E-state index is 12.5. The molecule has 2 N–H and O–H groups in total. The summed E-state index contributed by atoms with van der Waals surface area (Å²) in [6.45, 7) is 7.15. The van der Waals surface area contributed by atoms with Crippen molar-refractivity contribution in [3.63, 3.8) is 0 Å². The van der Waals surface area contributed by atoms with Gasteiger partial charge in [0.25, 0.3) is 0 Å². The van der Waals surface area contributed by atoms with Crippen LogP contribution in [0.1, 0.15) is 47.0 Å². The smallest absolute Gasteiger partial charge is 0.385 e. The fourth-order valence-corrected chi connectivity index (χ4v) is 4.51. The lowest BCUT2D eigenvalue weighted by molar-refractivity contribution is -0.114. The SMILES string of the molecule is [B][C@H]1C[C@@H](OP(=O)(O)OC[C@H]2O[C@@H]([B])C[C@H]2OC(C)C)[C@@](O)(COC(C)C)C1. The van der Waals surface area contributed by atoms with Gasteiger partial charge in [0, 0.05) is 6.00 Å². The number of hydrogen-bond acceptors (Lipinski definition) is 7. The van der Waals surface area contributed by atoms with Crippen molar-refractivity contribution in [1.29, 1.82) is 0 Å². The van der Waals surface area contributed by atoms with Crippen LogP contribution >= 0.6 is 7.82 Å². The number of ether oxygens (including phenoxy) is 3. The van der Waals surface area contributed by atoms with Crippen LogP contribution in [0.15, 0.2) is 0 Å². The molecule has 1 aliphatic heterocycles. The highest BCUT2D eigenvalue weighted by atomic mass is 31.2. The first kappa shape index (κ1) is 24.4. The Morgan fingerprint density at radius 2 is 1.89 bits per heavy atom. The number of phosphoric acid groups is 1. The van der Waals surface area contributed by atoms with Crippen LogP contribution in [-0.2, 0) is 27.8 Å². The molecule has 158 valence electrons. The molecule has 2 rings (SSSR count). The Kier molecular flexibility index (Phi) is 8.63. The molecule has 1 saturated carbocycles. The zero-order valence-electron chi connectivity index (χ0n) is 17.0. The van der Waals surface area contributed by atoms with Gasteiger partial charge >= 0.3 is 7.82 Å². The first-order valence-electron chi connectivity index (χ1n) is 9.72. The van der Waals surface area contributed by atoms with E-state index < -0.39 is 31.6 Å². The van der Waals surface area contributed by atoms with Gasteiger partial charge in [-0.15, -0.1) is 0 Å². The lowest BCUT2D eigenvalue weighted by atomic mass is 9.85. The van der Waals surface area contributed by atoms with E-state index in [1.807, 2.05) is 27.7 Å². The number of aliphatic hydroxyl groups is 1. The van der Waals surface area contributed by atoms with E-state index in [0.29, 0.717) is 6.42 Å². The predicted octanol–water partition coefficient (Wildman–Crippen LogP) is 1.47. The summed E-state index contributed by atoms with van der Waals surface area (Å²) in [6, 6.07) is -0.526. The van der Waals surface area contributed by atoms with Gasteiger partial charge in [-0.2, -0.15) is 0 Å². The predicted molar refractivity (Wildman–Crippen MR) is 104 cm³/mol. The van der Waals surface area contributed by atoms with E-state index in [-0.39, 0.29) is 50.2 Å². The monoisotopic (exact) mass is 416 g/mol. The van der Waals surface area contributed by atoms with Crippen LogP contribution < -0.4 is 0 Å². The van der Waals surface area contributed by atoms with Crippen LogP contribution in [0.2, 0.25) is 5.82 Å². The van der Waals surface area contributed by atoms with Gasteiger partial charge in [0.1, 0.15) is 19.6 Å². The third-order valence-electron chi connectivity index (χ3n) is 4.74. The number of hydrogen-bond donors (Lipinski definition) is 2. The molecule has 2 fully saturated rings. The molecule has 11 heteroatoms. The zero-order valence-corrected chi connectivity index (χ0v) is 17.9. The Morgan fingerprint density at radius 1 is 1.21 bits per heavy atom. The van der Waals surface area contributed by atoms with Crippen LogP contribution in [0.3, 0.4) is 0 Å². The average molecular weight is 416 g/mol. The normalized spacial score (nSPS) is 38.4. The van der Waals surface area contributed by atoms with Crippen LogP contribution in [-0.4, -0.2) is 81.0 Å². The highest BCUT2D eigenvalue weighted by Gasteiger charge is 2.49. The molecule has 0 bridgehead atoms. The van der Waals surface area contributed by atoms with Crippen molar-refractivity contribution in [2.24, 2.45) is 0 Å². The van der Waals surface area contributed by atoms with Crippen molar-refractivity contribution < 1.29 is 37.8 Å².